The number of aromatic nitrogens is 4. The maximum atomic E-state index is 14.4. The van der Waals surface area contributed by atoms with Crippen LogP contribution in [0.1, 0.15) is 46.0 Å². The molecule has 8 heteroatoms. The van der Waals surface area contributed by atoms with Crippen LogP contribution in [0.15, 0.2) is 12.4 Å². The first-order chi connectivity index (χ1) is 11.0. The normalized spacial score (nSPS) is 14.4. The van der Waals surface area contributed by atoms with Gasteiger partial charge in [-0.15, -0.1) is 0 Å². The summed E-state index contributed by atoms with van der Waals surface area (Å²) >= 11 is 0. The van der Waals surface area contributed by atoms with Crippen LogP contribution >= 0.6 is 0 Å². The van der Waals surface area contributed by atoms with Crippen LogP contribution in [0.3, 0.4) is 0 Å². The fourth-order valence-electron chi connectivity index (χ4n) is 2.66. The molecule has 122 valence electrons. The largest absolute Gasteiger partial charge is 0.344 e. The first-order valence-corrected chi connectivity index (χ1v) is 7.48. The maximum Gasteiger partial charge on any atom is 0.308 e. The summed E-state index contributed by atoms with van der Waals surface area (Å²) in [6.45, 7) is 0.905. The molecule has 0 saturated carbocycles. The molecule has 0 aliphatic heterocycles. The van der Waals surface area contributed by atoms with Crippen molar-refractivity contribution >= 4 is 5.91 Å². The van der Waals surface area contributed by atoms with Crippen molar-refractivity contribution in [1.29, 1.82) is 0 Å². The lowest BCUT2D eigenvalue weighted by Gasteiger charge is -2.18. The molecule has 0 fully saturated rings. The van der Waals surface area contributed by atoms with Crippen LogP contribution < -0.4 is 5.32 Å². The van der Waals surface area contributed by atoms with Gasteiger partial charge in [-0.2, -0.15) is 13.9 Å². The fourth-order valence-corrected chi connectivity index (χ4v) is 2.66. The van der Waals surface area contributed by atoms with Crippen LogP contribution in [-0.4, -0.2) is 32.6 Å². The van der Waals surface area contributed by atoms with Crippen LogP contribution in [0.5, 0.6) is 0 Å². The highest BCUT2D eigenvalue weighted by Gasteiger charge is 2.38. The van der Waals surface area contributed by atoms with Crippen LogP contribution in [0, 0.1) is 6.92 Å². The first kappa shape index (κ1) is 15.5. The Kier molecular flexibility index (Phi) is 4.06. The van der Waals surface area contributed by atoms with Crippen molar-refractivity contribution in [3.05, 3.63) is 40.7 Å². The van der Waals surface area contributed by atoms with Gasteiger partial charge in [0, 0.05) is 17.5 Å². The molecule has 0 aromatic carbocycles. The number of aryl methyl sites for hydroxylation is 2. The Bertz CT molecular complexity index is 711. The average molecular weight is 321 g/mol. The summed E-state index contributed by atoms with van der Waals surface area (Å²) in [6.07, 6.45) is 5.86. The highest BCUT2D eigenvalue weighted by atomic mass is 19.3. The molecule has 2 aromatic heterocycles. The van der Waals surface area contributed by atoms with E-state index < -0.39 is 18.4 Å². The number of hydrogen-bond donors (Lipinski definition) is 2. The Balaban J connectivity index is 1.70. The van der Waals surface area contributed by atoms with Gasteiger partial charge in [0.2, 0.25) is 0 Å². The molecule has 0 unspecified atom stereocenters. The van der Waals surface area contributed by atoms with Crippen molar-refractivity contribution in [2.45, 2.75) is 38.5 Å². The van der Waals surface area contributed by atoms with Gasteiger partial charge in [0.05, 0.1) is 18.4 Å². The van der Waals surface area contributed by atoms with Gasteiger partial charge < -0.3 is 5.32 Å². The minimum absolute atomic E-state index is 0.00968. The molecule has 0 saturated heterocycles. The third-order valence-electron chi connectivity index (χ3n) is 3.89. The number of carbonyl (C=O) groups excluding carboxylic acids is 1. The number of alkyl halides is 2. The molecule has 6 nitrogen and oxygen atoms in total. The lowest BCUT2D eigenvalue weighted by Crippen LogP contribution is -2.36. The van der Waals surface area contributed by atoms with E-state index in [1.165, 1.54) is 12.4 Å². The highest BCUT2D eigenvalue weighted by molar-refractivity contribution is 5.91. The smallest absolute Gasteiger partial charge is 0.308 e. The summed E-state index contributed by atoms with van der Waals surface area (Å²) in [6, 6.07) is 0. The zero-order valence-electron chi connectivity index (χ0n) is 12.7. The molecule has 1 aliphatic rings. The summed E-state index contributed by atoms with van der Waals surface area (Å²) in [7, 11) is 0. The quantitative estimate of drug-likeness (QED) is 0.901. The summed E-state index contributed by atoms with van der Waals surface area (Å²) in [5.41, 5.74) is 1.76. The Labute approximate surface area is 131 Å². The highest BCUT2D eigenvalue weighted by Crippen LogP contribution is 2.33. The monoisotopic (exact) mass is 321 g/mol. The molecule has 0 radical (unpaired) electrons. The summed E-state index contributed by atoms with van der Waals surface area (Å²) in [4.78, 5) is 19.7. The lowest BCUT2D eigenvalue weighted by atomic mass is 9.94. The molecule has 0 spiro atoms. The Morgan fingerprint density at radius 3 is 2.83 bits per heavy atom. The summed E-state index contributed by atoms with van der Waals surface area (Å²) in [5, 5.41) is 8.68. The predicted molar refractivity (Wildman–Crippen MR) is 78.2 cm³/mol. The van der Waals surface area contributed by atoms with Gasteiger partial charge in [-0.05, 0) is 32.6 Å². The number of halogens is 2. The first-order valence-electron chi connectivity index (χ1n) is 7.48. The van der Waals surface area contributed by atoms with E-state index in [2.05, 4.69) is 25.5 Å². The lowest BCUT2D eigenvalue weighted by molar-refractivity contribution is -0.00774. The van der Waals surface area contributed by atoms with E-state index in [4.69, 9.17) is 0 Å². The third-order valence-corrected chi connectivity index (χ3v) is 3.89. The minimum Gasteiger partial charge on any atom is -0.344 e. The third kappa shape index (κ3) is 3.20. The number of H-pyrrole nitrogens is 1. The molecule has 0 atom stereocenters. The average Bonchev–Trinajstić information content (AvgIpc) is 2.98. The van der Waals surface area contributed by atoms with Crippen molar-refractivity contribution in [1.82, 2.24) is 25.5 Å². The van der Waals surface area contributed by atoms with Gasteiger partial charge in [-0.25, -0.2) is 4.98 Å². The number of nitrogens with zero attached hydrogens (tertiary/aromatic N) is 3. The van der Waals surface area contributed by atoms with Crippen LogP contribution in [-0.2, 0) is 18.8 Å². The molecule has 2 N–H and O–H groups in total. The van der Waals surface area contributed by atoms with Gasteiger partial charge >= 0.3 is 5.92 Å². The van der Waals surface area contributed by atoms with E-state index >= 15 is 0 Å². The standard InChI is InChI=1S/C15H17F2N5O/c1-9-6-19-12(7-18-9)14(23)20-8-15(16,17)13-10-4-2-3-5-11(10)21-22-13/h6-7H,2-5,8H2,1H3,(H,20,23)(H,21,22). The van der Waals surface area contributed by atoms with E-state index in [1.807, 2.05) is 0 Å². The molecular weight excluding hydrogens is 304 g/mol. The van der Waals surface area contributed by atoms with Crippen LogP contribution in [0.2, 0.25) is 0 Å². The number of nitrogens with one attached hydrogen (secondary N) is 2. The second kappa shape index (κ2) is 6.02. The SMILES string of the molecule is Cc1cnc(C(=O)NCC(F)(F)c2n[nH]c3c2CCCC3)cn1. The number of rotatable bonds is 4. The molecule has 0 bridgehead atoms. The molecule has 1 amide bonds. The number of amides is 1. The van der Waals surface area contributed by atoms with E-state index in [1.54, 1.807) is 6.92 Å². The van der Waals surface area contributed by atoms with Gasteiger partial charge in [0.15, 0.2) is 0 Å². The number of aromatic amines is 1. The van der Waals surface area contributed by atoms with Crippen molar-refractivity contribution in [2.24, 2.45) is 0 Å². The molecule has 1 aliphatic carbocycles. The van der Waals surface area contributed by atoms with Crippen molar-refractivity contribution in [3.63, 3.8) is 0 Å². The fraction of sp³-hybridized carbons (Fsp3) is 0.467. The van der Waals surface area contributed by atoms with Gasteiger partial charge in [0.1, 0.15) is 11.4 Å². The molecule has 2 aromatic rings. The maximum absolute atomic E-state index is 14.4. The summed E-state index contributed by atoms with van der Waals surface area (Å²) < 4.78 is 28.8. The molecular formula is C15H17F2N5O. The van der Waals surface area contributed by atoms with E-state index in [0.29, 0.717) is 17.7 Å². The number of carbonyl (C=O) groups is 1. The van der Waals surface area contributed by atoms with Gasteiger partial charge in [0.25, 0.3) is 5.91 Å². The summed E-state index contributed by atoms with van der Waals surface area (Å²) in [5.74, 6) is -3.91. The zero-order chi connectivity index (χ0) is 16.4. The van der Waals surface area contributed by atoms with Crippen LogP contribution in [0.4, 0.5) is 8.78 Å². The molecule has 2 heterocycles. The Morgan fingerprint density at radius 1 is 1.30 bits per heavy atom. The van der Waals surface area contributed by atoms with Crippen molar-refractivity contribution < 1.29 is 13.6 Å². The van der Waals surface area contributed by atoms with E-state index in [0.717, 1.165) is 25.0 Å². The van der Waals surface area contributed by atoms with Crippen molar-refractivity contribution in [3.8, 4) is 0 Å². The minimum atomic E-state index is -3.23. The topological polar surface area (TPSA) is 83.6 Å². The van der Waals surface area contributed by atoms with Crippen molar-refractivity contribution in [2.75, 3.05) is 6.54 Å². The molecule has 23 heavy (non-hydrogen) atoms. The van der Waals surface area contributed by atoms with Crippen LogP contribution in [0.25, 0.3) is 0 Å². The second-order valence-corrected chi connectivity index (χ2v) is 5.67. The molecule has 3 rings (SSSR count). The second-order valence-electron chi connectivity index (χ2n) is 5.67. The van der Waals surface area contributed by atoms with Gasteiger partial charge in [-0.1, -0.05) is 0 Å². The van der Waals surface area contributed by atoms with E-state index in [9.17, 15) is 13.6 Å². The number of fused-ring (bicyclic) bond motifs is 1. The predicted octanol–water partition coefficient (Wildman–Crippen LogP) is 1.91. The Hall–Kier alpha value is -2.38. The van der Waals surface area contributed by atoms with E-state index in [-0.39, 0.29) is 11.4 Å². The van der Waals surface area contributed by atoms with Gasteiger partial charge in [-0.3, -0.25) is 14.9 Å². The Morgan fingerprint density at radius 2 is 2.09 bits per heavy atom. The zero-order valence-corrected chi connectivity index (χ0v) is 12.7. The number of hydrogen-bond acceptors (Lipinski definition) is 4.